The molecule has 1 atom stereocenters. The second kappa shape index (κ2) is 8.85. The van der Waals surface area contributed by atoms with Crippen molar-refractivity contribution in [3.63, 3.8) is 0 Å². The molecule has 2 heterocycles. The number of thioether (sulfide) groups is 2. The third kappa shape index (κ3) is 4.62. The Hall–Kier alpha value is -2.01. The largest absolute Gasteiger partial charge is 0.431 e. The van der Waals surface area contributed by atoms with Gasteiger partial charge in [-0.25, -0.2) is 17.7 Å². The van der Waals surface area contributed by atoms with Crippen molar-refractivity contribution in [2.45, 2.75) is 33.6 Å². The summed E-state index contributed by atoms with van der Waals surface area (Å²) in [6, 6.07) is 12.5. The Balaban J connectivity index is 1.51. The summed E-state index contributed by atoms with van der Waals surface area (Å²) in [6.07, 6.45) is 0.918. The van der Waals surface area contributed by atoms with E-state index in [-0.39, 0.29) is 16.6 Å². The van der Waals surface area contributed by atoms with Gasteiger partial charge in [-0.3, -0.25) is 4.79 Å². The van der Waals surface area contributed by atoms with Crippen LogP contribution >= 0.6 is 23.5 Å². The molecule has 0 unspecified atom stereocenters. The Morgan fingerprint density at radius 2 is 2.06 bits per heavy atom. The number of aromatic nitrogens is 1. The quantitative estimate of drug-likeness (QED) is 0.512. The van der Waals surface area contributed by atoms with Crippen LogP contribution in [0.4, 0.5) is 5.69 Å². The van der Waals surface area contributed by atoms with Crippen LogP contribution in [0.5, 0.6) is 0 Å². The van der Waals surface area contributed by atoms with E-state index in [0.717, 1.165) is 21.3 Å². The van der Waals surface area contributed by atoms with Gasteiger partial charge in [0.25, 0.3) is 5.22 Å². The second-order valence-electron chi connectivity index (χ2n) is 7.42. The number of carbonyl (C=O) groups is 1. The van der Waals surface area contributed by atoms with Crippen molar-refractivity contribution in [1.82, 2.24) is 9.29 Å². The summed E-state index contributed by atoms with van der Waals surface area (Å²) in [7, 11) is -0.590. The van der Waals surface area contributed by atoms with Crippen LogP contribution in [0.2, 0.25) is 0 Å². The summed E-state index contributed by atoms with van der Waals surface area (Å²) in [5, 5.41) is 0.782. The SMILES string of the molecule is C[C@H]1CCN(C(=O)CSc2nc3cc(S(=O)(=O)N(C)C)ccc3o2)c2ccccc2S1. The Kier molecular flexibility index (Phi) is 6.34. The molecule has 0 aliphatic carbocycles. The molecule has 7 nitrogen and oxygen atoms in total. The molecule has 0 saturated carbocycles. The molecule has 0 spiro atoms. The highest BCUT2D eigenvalue weighted by Crippen LogP contribution is 2.37. The maximum Gasteiger partial charge on any atom is 0.257 e. The molecule has 0 radical (unpaired) electrons. The van der Waals surface area contributed by atoms with Gasteiger partial charge in [0.05, 0.1) is 16.3 Å². The lowest BCUT2D eigenvalue weighted by Gasteiger charge is -2.22. The molecule has 164 valence electrons. The van der Waals surface area contributed by atoms with E-state index in [4.69, 9.17) is 4.42 Å². The van der Waals surface area contributed by atoms with Crippen LogP contribution in [-0.2, 0) is 14.8 Å². The molecule has 1 amide bonds. The van der Waals surface area contributed by atoms with Crippen molar-refractivity contribution in [2.24, 2.45) is 0 Å². The molecule has 1 aliphatic rings. The smallest absolute Gasteiger partial charge is 0.257 e. The van der Waals surface area contributed by atoms with Gasteiger partial charge < -0.3 is 9.32 Å². The van der Waals surface area contributed by atoms with E-state index in [1.165, 1.54) is 38.0 Å². The lowest BCUT2D eigenvalue weighted by atomic mass is 10.2. The number of rotatable bonds is 5. The van der Waals surface area contributed by atoms with Crippen LogP contribution in [-0.4, -0.2) is 55.3 Å². The fourth-order valence-electron chi connectivity index (χ4n) is 3.27. The number of carbonyl (C=O) groups excluding carboxylic acids is 1. The number of nitrogens with zero attached hydrogens (tertiary/aromatic N) is 3. The Morgan fingerprint density at radius 3 is 2.84 bits per heavy atom. The van der Waals surface area contributed by atoms with Gasteiger partial charge in [-0.1, -0.05) is 30.8 Å². The van der Waals surface area contributed by atoms with Crippen LogP contribution in [0, 0.1) is 0 Å². The highest BCUT2D eigenvalue weighted by Gasteiger charge is 2.25. The minimum Gasteiger partial charge on any atom is -0.431 e. The zero-order valence-corrected chi connectivity index (χ0v) is 19.9. The topological polar surface area (TPSA) is 83.7 Å². The minimum atomic E-state index is -3.55. The molecule has 31 heavy (non-hydrogen) atoms. The van der Waals surface area contributed by atoms with E-state index < -0.39 is 10.0 Å². The zero-order valence-electron chi connectivity index (χ0n) is 17.4. The predicted molar refractivity (Wildman–Crippen MR) is 124 cm³/mol. The zero-order chi connectivity index (χ0) is 22.2. The summed E-state index contributed by atoms with van der Waals surface area (Å²) in [6.45, 7) is 2.84. The Morgan fingerprint density at radius 1 is 1.29 bits per heavy atom. The first-order valence-electron chi connectivity index (χ1n) is 9.77. The van der Waals surface area contributed by atoms with Gasteiger partial charge in [-0.2, -0.15) is 0 Å². The summed E-state index contributed by atoms with van der Waals surface area (Å²) >= 11 is 3.01. The van der Waals surface area contributed by atoms with Gasteiger partial charge in [0, 0.05) is 30.8 Å². The number of hydrogen-bond donors (Lipinski definition) is 0. The maximum absolute atomic E-state index is 13.0. The Bertz CT molecular complexity index is 1220. The number of para-hydroxylation sites is 1. The highest BCUT2D eigenvalue weighted by molar-refractivity contribution is 8.00. The number of anilines is 1. The molecule has 4 rings (SSSR count). The maximum atomic E-state index is 13.0. The molecule has 0 bridgehead atoms. The molecule has 0 N–H and O–H groups in total. The van der Waals surface area contributed by atoms with Crippen molar-refractivity contribution in [3.05, 3.63) is 42.5 Å². The van der Waals surface area contributed by atoms with E-state index in [1.54, 1.807) is 17.8 Å². The minimum absolute atomic E-state index is 0.00900. The second-order valence-corrected chi connectivity index (χ2v) is 12.0. The number of amides is 1. The standard InChI is InChI=1S/C21H23N3O4S3/c1-14-10-11-24(17-6-4-5-7-19(17)30-14)20(25)13-29-21-22-16-12-15(8-9-18(16)28-21)31(26,27)23(2)3/h4-9,12,14H,10-11,13H2,1-3H3/t14-/m0/s1. The third-order valence-corrected chi connectivity index (χ3v) is 8.84. The number of oxazole rings is 1. The van der Waals surface area contributed by atoms with Gasteiger partial charge in [-0.05, 0) is 36.8 Å². The molecule has 10 heteroatoms. The lowest BCUT2D eigenvalue weighted by Crippen LogP contribution is -2.33. The third-order valence-electron chi connectivity index (χ3n) is 4.98. The van der Waals surface area contributed by atoms with Gasteiger partial charge in [0.15, 0.2) is 5.58 Å². The van der Waals surface area contributed by atoms with Gasteiger partial charge in [0.2, 0.25) is 15.9 Å². The first kappa shape index (κ1) is 22.2. The lowest BCUT2D eigenvalue weighted by molar-refractivity contribution is -0.116. The average molecular weight is 478 g/mol. The van der Waals surface area contributed by atoms with E-state index in [9.17, 15) is 13.2 Å². The fraction of sp³-hybridized carbons (Fsp3) is 0.333. The van der Waals surface area contributed by atoms with Gasteiger partial charge in [-0.15, -0.1) is 11.8 Å². The van der Waals surface area contributed by atoms with Crippen molar-refractivity contribution in [1.29, 1.82) is 0 Å². The van der Waals surface area contributed by atoms with Crippen molar-refractivity contribution >= 4 is 56.2 Å². The molecular weight excluding hydrogens is 454 g/mol. The molecule has 1 aromatic heterocycles. The number of fused-ring (bicyclic) bond motifs is 2. The first-order valence-corrected chi connectivity index (χ1v) is 13.1. The Labute approximate surface area is 190 Å². The van der Waals surface area contributed by atoms with Crippen LogP contribution in [0.25, 0.3) is 11.1 Å². The summed E-state index contributed by atoms with van der Waals surface area (Å²) in [4.78, 5) is 20.5. The van der Waals surface area contributed by atoms with Crippen molar-refractivity contribution in [2.75, 3.05) is 31.3 Å². The fourth-order valence-corrected chi connectivity index (χ4v) is 6.02. The average Bonchev–Trinajstić information content (AvgIpc) is 3.07. The van der Waals surface area contributed by atoms with E-state index in [2.05, 4.69) is 18.0 Å². The number of benzene rings is 2. The molecule has 0 fully saturated rings. The molecule has 2 aromatic carbocycles. The van der Waals surface area contributed by atoms with Crippen LogP contribution in [0.3, 0.4) is 0 Å². The highest BCUT2D eigenvalue weighted by atomic mass is 32.2. The molecular formula is C21H23N3O4S3. The molecule has 0 saturated heterocycles. The van der Waals surface area contributed by atoms with Crippen molar-refractivity contribution < 1.29 is 17.6 Å². The van der Waals surface area contributed by atoms with Gasteiger partial charge >= 0.3 is 0 Å². The number of hydrogen-bond acceptors (Lipinski definition) is 7. The van der Waals surface area contributed by atoms with E-state index >= 15 is 0 Å². The summed E-state index contributed by atoms with van der Waals surface area (Å²) < 4.78 is 31.5. The summed E-state index contributed by atoms with van der Waals surface area (Å²) in [5.41, 5.74) is 1.87. The number of sulfonamides is 1. The van der Waals surface area contributed by atoms with Gasteiger partial charge in [0.1, 0.15) is 5.52 Å². The predicted octanol–water partition coefficient (Wildman–Crippen LogP) is 4.09. The van der Waals surface area contributed by atoms with Crippen molar-refractivity contribution in [3.8, 4) is 0 Å². The normalized spacial score (nSPS) is 17.0. The van der Waals surface area contributed by atoms with E-state index in [1.807, 2.05) is 23.1 Å². The molecule has 3 aromatic rings. The first-order chi connectivity index (χ1) is 14.8. The van der Waals surface area contributed by atoms with Crippen LogP contribution in [0.1, 0.15) is 13.3 Å². The summed E-state index contributed by atoms with van der Waals surface area (Å²) in [5.74, 6) is 0.175. The molecule has 1 aliphatic heterocycles. The monoisotopic (exact) mass is 477 g/mol. The van der Waals surface area contributed by atoms with E-state index in [0.29, 0.717) is 28.1 Å². The van der Waals surface area contributed by atoms with Crippen LogP contribution < -0.4 is 4.90 Å². The van der Waals surface area contributed by atoms with Crippen LogP contribution in [0.15, 0.2) is 61.9 Å².